The summed E-state index contributed by atoms with van der Waals surface area (Å²) < 4.78 is 38.9. The van der Waals surface area contributed by atoms with E-state index in [2.05, 4.69) is 10.4 Å². The maximum atomic E-state index is 13.7. The normalized spacial score (nSPS) is 10.7. The van der Waals surface area contributed by atoms with Crippen LogP contribution in [0.1, 0.15) is 11.4 Å². The van der Waals surface area contributed by atoms with E-state index in [-0.39, 0.29) is 19.1 Å². The van der Waals surface area contributed by atoms with Crippen LogP contribution in [0.3, 0.4) is 0 Å². The van der Waals surface area contributed by atoms with Crippen LogP contribution in [-0.4, -0.2) is 22.3 Å². The highest BCUT2D eigenvalue weighted by Gasteiger charge is 2.16. The van der Waals surface area contributed by atoms with E-state index in [1.807, 2.05) is 0 Å². The number of aromatic nitrogens is 2. The van der Waals surface area contributed by atoms with Crippen LogP contribution >= 0.6 is 23.2 Å². The van der Waals surface area contributed by atoms with Gasteiger partial charge in [-0.3, -0.25) is 4.79 Å². The van der Waals surface area contributed by atoms with Crippen LogP contribution in [0.15, 0.2) is 36.4 Å². The average molecular weight is 456 g/mol. The maximum Gasteiger partial charge on any atom is 0.262 e. The minimum atomic E-state index is -0.817. The average Bonchev–Trinajstić information content (AvgIpc) is 2.94. The van der Waals surface area contributed by atoms with E-state index in [1.165, 1.54) is 16.8 Å². The molecule has 1 N–H and O–H groups in total. The first-order chi connectivity index (χ1) is 14.2. The Labute approximate surface area is 181 Å². The fourth-order valence-corrected chi connectivity index (χ4v) is 3.10. The predicted octanol–water partition coefficient (Wildman–Crippen LogP) is 5.14. The summed E-state index contributed by atoms with van der Waals surface area (Å²) >= 11 is 11.8. The second-order valence-corrected chi connectivity index (χ2v) is 7.15. The second-order valence-electron chi connectivity index (χ2n) is 6.31. The number of nitrogens with one attached hydrogen (secondary N) is 1. The van der Waals surface area contributed by atoms with Crippen molar-refractivity contribution >= 4 is 34.8 Å². The van der Waals surface area contributed by atoms with Crippen molar-refractivity contribution in [1.29, 1.82) is 0 Å². The molecule has 30 heavy (non-hydrogen) atoms. The van der Waals surface area contributed by atoms with Gasteiger partial charge in [0, 0.05) is 11.1 Å². The summed E-state index contributed by atoms with van der Waals surface area (Å²) in [7, 11) is 0. The van der Waals surface area contributed by atoms with Crippen molar-refractivity contribution in [2.24, 2.45) is 0 Å². The lowest BCUT2D eigenvalue weighted by Crippen LogP contribution is -2.21. The van der Waals surface area contributed by atoms with E-state index in [1.54, 1.807) is 26.0 Å². The number of hydrogen-bond acceptors (Lipinski definition) is 4. The maximum absolute atomic E-state index is 13.7. The van der Waals surface area contributed by atoms with Crippen molar-refractivity contribution in [2.45, 2.75) is 20.6 Å². The van der Waals surface area contributed by atoms with Crippen molar-refractivity contribution < 1.29 is 23.0 Å². The molecule has 0 aliphatic heterocycles. The molecule has 158 valence electrons. The minimum Gasteiger partial charge on any atom is -0.482 e. The van der Waals surface area contributed by atoms with Gasteiger partial charge in [0.2, 0.25) is 0 Å². The Bertz CT molecular complexity index is 1090. The van der Waals surface area contributed by atoms with Crippen LogP contribution in [0.5, 0.6) is 11.5 Å². The highest BCUT2D eigenvalue weighted by Crippen LogP contribution is 2.27. The first-order valence-corrected chi connectivity index (χ1v) is 9.49. The zero-order chi connectivity index (χ0) is 21.8. The Morgan fingerprint density at radius 3 is 2.53 bits per heavy atom. The largest absolute Gasteiger partial charge is 0.482 e. The van der Waals surface area contributed by atoms with Gasteiger partial charge >= 0.3 is 0 Å². The Balaban J connectivity index is 1.62. The summed E-state index contributed by atoms with van der Waals surface area (Å²) in [6.07, 6.45) is 0. The van der Waals surface area contributed by atoms with Crippen LogP contribution in [0, 0.1) is 25.5 Å². The smallest absolute Gasteiger partial charge is 0.262 e. The van der Waals surface area contributed by atoms with E-state index >= 15 is 0 Å². The molecule has 1 heterocycles. The number of amides is 1. The van der Waals surface area contributed by atoms with Crippen molar-refractivity contribution in [3.05, 3.63) is 69.5 Å². The number of halogens is 4. The lowest BCUT2D eigenvalue weighted by atomic mass is 10.3. The molecule has 10 heteroatoms. The van der Waals surface area contributed by atoms with E-state index in [0.29, 0.717) is 32.9 Å². The van der Waals surface area contributed by atoms with E-state index < -0.39 is 17.5 Å². The number of carbonyl (C=O) groups excluding carboxylic acids is 1. The molecule has 1 aromatic heterocycles. The Hall–Kier alpha value is -2.84. The molecule has 3 aromatic rings. The standard InChI is InChI=1S/C20H17Cl2F2N3O3/c1-11-20(25-19(28)9-29-17-5-3-13(21)7-15(17)22)12(2)27(26-11)10-30-18-6-4-14(23)8-16(18)24/h3-8H,9-10H2,1-2H3,(H,25,28). The van der Waals surface area contributed by atoms with Crippen LogP contribution in [0.4, 0.5) is 14.5 Å². The summed E-state index contributed by atoms with van der Waals surface area (Å²) in [5.74, 6) is -1.71. The molecular weight excluding hydrogens is 439 g/mol. The number of carbonyl (C=O) groups is 1. The van der Waals surface area contributed by atoms with Crippen molar-refractivity contribution in [1.82, 2.24) is 9.78 Å². The van der Waals surface area contributed by atoms with Crippen LogP contribution in [0.2, 0.25) is 10.0 Å². The number of nitrogens with zero attached hydrogens (tertiary/aromatic N) is 2. The van der Waals surface area contributed by atoms with Gasteiger partial charge in [0.15, 0.2) is 24.9 Å². The highest BCUT2D eigenvalue weighted by molar-refractivity contribution is 6.35. The van der Waals surface area contributed by atoms with Gasteiger partial charge < -0.3 is 14.8 Å². The Morgan fingerprint density at radius 1 is 1.10 bits per heavy atom. The van der Waals surface area contributed by atoms with E-state index in [4.69, 9.17) is 32.7 Å². The molecule has 0 fully saturated rings. The quantitative estimate of drug-likeness (QED) is 0.535. The summed E-state index contributed by atoms with van der Waals surface area (Å²) in [5.41, 5.74) is 1.61. The molecular formula is C20H17Cl2F2N3O3. The minimum absolute atomic E-state index is 0.109. The second kappa shape index (κ2) is 9.32. The zero-order valence-electron chi connectivity index (χ0n) is 16.0. The van der Waals surface area contributed by atoms with Crippen molar-refractivity contribution in [3.8, 4) is 11.5 Å². The molecule has 0 bridgehead atoms. The first-order valence-electron chi connectivity index (χ1n) is 8.74. The van der Waals surface area contributed by atoms with Gasteiger partial charge in [-0.25, -0.2) is 13.5 Å². The predicted molar refractivity (Wildman–Crippen MR) is 109 cm³/mol. The number of hydrogen-bond donors (Lipinski definition) is 1. The van der Waals surface area contributed by atoms with Crippen LogP contribution < -0.4 is 14.8 Å². The van der Waals surface area contributed by atoms with Gasteiger partial charge in [0.1, 0.15) is 11.6 Å². The molecule has 0 unspecified atom stereocenters. The molecule has 0 radical (unpaired) electrons. The Morgan fingerprint density at radius 2 is 1.83 bits per heavy atom. The van der Waals surface area contributed by atoms with Crippen LogP contribution in [-0.2, 0) is 11.5 Å². The molecule has 6 nitrogen and oxygen atoms in total. The fraction of sp³-hybridized carbons (Fsp3) is 0.200. The van der Waals surface area contributed by atoms with Crippen molar-refractivity contribution in [3.63, 3.8) is 0 Å². The van der Waals surface area contributed by atoms with Crippen molar-refractivity contribution in [2.75, 3.05) is 11.9 Å². The van der Waals surface area contributed by atoms with Gasteiger partial charge in [0.25, 0.3) is 5.91 Å². The lowest BCUT2D eigenvalue weighted by molar-refractivity contribution is -0.118. The molecule has 2 aromatic carbocycles. The number of ether oxygens (including phenoxy) is 2. The van der Waals surface area contributed by atoms with Gasteiger partial charge in [-0.05, 0) is 44.2 Å². The SMILES string of the molecule is Cc1nn(COc2ccc(F)cc2F)c(C)c1NC(=O)COc1ccc(Cl)cc1Cl. The van der Waals surface area contributed by atoms with Gasteiger partial charge in [-0.1, -0.05) is 23.2 Å². The first kappa shape index (κ1) is 21.9. The van der Waals surface area contributed by atoms with Gasteiger partial charge in [0.05, 0.1) is 22.1 Å². The van der Waals surface area contributed by atoms with E-state index in [9.17, 15) is 13.6 Å². The third-order valence-electron chi connectivity index (χ3n) is 4.13. The monoisotopic (exact) mass is 455 g/mol. The molecule has 0 spiro atoms. The Kier molecular flexibility index (Phi) is 6.79. The molecule has 0 saturated carbocycles. The zero-order valence-corrected chi connectivity index (χ0v) is 17.5. The topological polar surface area (TPSA) is 65.4 Å². The van der Waals surface area contributed by atoms with Gasteiger partial charge in [-0.15, -0.1) is 0 Å². The lowest BCUT2D eigenvalue weighted by Gasteiger charge is -2.10. The molecule has 0 aliphatic rings. The number of aryl methyl sites for hydroxylation is 1. The molecule has 3 rings (SSSR count). The number of anilines is 1. The summed E-state index contributed by atoms with van der Waals surface area (Å²) in [4.78, 5) is 12.3. The molecule has 0 atom stereocenters. The summed E-state index contributed by atoms with van der Waals surface area (Å²) in [5, 5.41) is 7.74. The number of benzene rings is 2. The third-order valence-corrected chi connectivity index (χ3v) is 4.67. The summed E-state index contributed by atoms with van der Waals surface area (Å²) in [6.45, 7) is 3.02. The number of rotatable bonds is 7. The third kappa shape index (κ3) is 5.20. The molecule has 0 saturated heterocycles. The van der Waals surface area contributed by atoms with Crippen LogP contribution in [0.25, 0.3) is 0 Å². The highest BCUT2D eigenvalue weighted by atomic mass is 35.5. The summed E-state index contributed by atoms with van der Waals surface area (Å²) in [6, 6.07) is 7.70. The van der Waals surface area contributed by atoms with E-state index in [0.717, 1.165) is 12.1 Å². The molecule has 1 amide bonds. The van der Waals surface area contributed by atoms with Gasteiger partial charge in [-0.2, -0.15) is 5.10 Å². The molecule has 0 aliphatic carbocycles. The fourth-order valence-electron chi connectivity index (χ4n) is 2.64.